The average molecular weight is 174 g/mol. The van der Waals surface area contributed by atoms with Crippen LogP contribution in [-0.2, 0) is 0 Å². The van der Waals surface area contributed by atoms with Crippen LogP contribution in [0.4, 0.5) is 4.39 Å². The Hall–Kier alpha value is -0.150. The zero-order valence-corrected chi connectivity index (χ0v) is 7.64. The van der Waals surface area contributed by atoms with Gasteiger partial charge in [0, 0.05) is 12.5 Å². The van der Waals surface area contributed by atoms with Crippen LogP contribution < -0.4 is 5.73 Å². The average Bonchev–Trinajstić information content (AvgIpc) is 2.15. The van der Waals surface area contributed by atoms with Gasteiger partial charge in [0.2, 0.25) is 0 Å². The SMILES string of the molecule is NCCCN1CCCC(CF)C1. The normalized spacial score (nSPS) is 26.0. The van der Waals surface area contributed by atoms with Crippen molar-refractivity contribution >= 4 is 0 Å². The maximum atomic E-state index is 12.3. The van der Waals surface area contributed by atoms with E-state index < -0.39 is 0 Å². The van der Waals surface area contributed by atoms with E-state index in [0.717, 1.165) is 45.4 Å². The highest BCUT2D eigenvalue weighted by Crippen LogP contribution is 2.16. The van der Waals surface area contributed by atoms with Gasteiger partial charge >= 0.3 is 0 Å². The Morgan fingerprint density at radius 2 is 2.33 bits per heavy atom. The lowest BCUT2D eigenvalue weighted by Crippen LogP contribution is -2.37. The van der Waals surface area contributed by atoms with E-state index in [2.05, 4.69) is 4.90 Å². The van der Waals surface area contributed by atoms with E-state index in [1.807, 2.05) is 0 Å². The molecule has 72 valence electrons. The van der Waals surface area contributed by atoms with Gasteiger partial charge in [-0.1, -0.05) is 0 Å². The number of hydrogen-bond donors (Lipinski definition) is 1. The van der Waals surface area contributed by atoms with E-state index in [9.17, 15) is 4.39 Å². The van der Waals surface area contributed by atoms with Gasteiger partial charge < -0.3 is 10.6 Å². The lowest BCUT2D eigenvalue weighted by Gasteiger charge is -2.31. The summed E-state index contributed by atoms with van der Waals surface area (Å²) in [5.74, 6) is 0.288. The molecule has 0 aliphatic carbocycles. The molecule has 1 unspecified atom stereocenters. The van der Waals surface area contributed by atoms with Crippen molar-refractivity contribution in [1.29, 1.82) is 0 Å². The lowest BCUT2D eigenvalue weighted by atomic mass is 9.99. The van der Waals surface area contributed by atoms with Crippen LogP contribution in [0.25, 0.3) is 0 Å². The molecular weight excluding hydrogens is 155 g/mol. The van der Waals surface area contributed by atoms with Crippen molar-refractivity contribution in [2.45, 2.75) is 19.3 Å². The fourth-order valence-corrected chi connectivity index (χ4v) is 1.80. The number of hydrogen-bond acceptors (Lipinski definition) is 2. The maximum Gasteiger partial charge on any atom is 0.0934 e. The summed E-state index contributed by atoms with van der Waals surface area (Å²) in [6.07, 6.45) is 3.26. The van der Waals surface area contributed by atoms with Crippen LogP contribution in [0.1, 0.15) is 19.3 Å². The highest BCUT2D eigenvalue weighted by molar-refractivity contribution is 4.72. The van der Waals surface area contributed by atoms with Crippen LogP contribution in [0.15, 0.2) is 0 Å². The van der Waals surface area contributed by atoms with Gasteiger partial charge in [0.25, 0.3) is 0 Å². The zero-order chi connectivity index (χ0) is 8.81. The highest BCUT2D eigenvalue weighted by Gasteiger charge is 2.18. The minimum absolute atomic E-state index is 0.154. The van der Waals surface area contributed by atoms with Crippen molar-refractivity contribution < 1.29 is 4.39 Å². The number of piperidine rings is 1. The molecular formula is C9H19FN2. The molecule has 0 aromatic rings. The number of nitrogens with two attached hydrogens (primary N) is 1. The van der Waals surface area contributed by atoms with E-state index in [1.165, 1.54) is 0 Å². The standard InChI is InChI=1S/C9H19FN2/c10-7-9-3-1-5-12(8-9)6-2-4-11/h9H,1-8,11H2. The molecule has 1 heterocycles. The third kappa shape index (κ3) is 3.07. The number of nitrogens with zero attached hydrogens (tertiary/aromatic N) is 1. The molecule has 0 spiro atoms. The van der Waals surface area contributed by atoms with Crippen LogP contribution in [0.3, 0.4) is 0 Å². The van der Waals surface area contributed by atoms with E-state index in [1.54, 1.807) is 0 Å². The largest absolute Gasteiger partial charge is 0.330 e. The lowest BCUT2D eigenvalue weighted by molar-refractivity contribution is 0.153. The number of halogens is 1. The van der Waals surface area contributed by atoms with Crippen molar-refractivity contribution in [2.24, 2.45) is 11.7 Å². The molecule has 2 nitrogen and oxygen atoms in total. The van der Waals surface area contributed by atoms with Gasteiger partial charge in [-0.15, -0.1) is 0 Å². The minimum atomic E-state index is -0.154. The monoisotopic (exact) mass is 174 g/mol. The summed E-state index contributed by atoms with van der Waals surface area (Å²) in [5.41, 5.74) is 5.41. The Kier molecular flexibility index (Phi) is 4.54. The van der Waals surface area contributed by atoms with Gasteiger partial charge in [-0.2, -0.15) is 0 Å². The van der Waals surface area contributed by atoms with Crippen molar-refractivity contribution in [3.63, 3.8) is 0 Å². The number of likely N-dealkylation sites (tertiary alicyclic amines) is 1. The second-order valence-corrected chi connectivity index (χ2v) is 3.61. The van der Waals surface area contributed by atoms with Crippen LogP contribution in [0.2, 0.25) is 0 Å². The van der Waals surface area contributed by atoms with E-state index in [0.29, 0.717) is 0 Å². The van der Waals surface area contributed by atoms with Gasteiger partial charge in [0.05, 0.1) is 6.67 Å². The molecule has 0 aromatic carbocycles. The van der Waals surface area contributed by atoms with Crippen LogP contribution in [0, 0.1) is 5.92 Å². The van der Waals surface area contributed by atoms with E-state index in [4.69, 9.17) is 5.73 Å². The Morgan fingerprint density at radius 1 is 1.50 bits per heavy atom. The molecule has 1 fully saturated rings. The Bertz CT molecular complexity index is 119. The molecule has 12 heavy (non-hydrogen) atoms. The molecule has 1 atom stereocenters. The molecule has 0 saturated carbocycles. The van der Waals surface area contributed by atoms with Gasteiger partial charge in [-0.05, 0) is 38.9 Å². The van der Waals surface area contributed by atoms with E-state index in [-0.39, 0.29) is 12.6 Å². The van der Waals surface area contributed by atoms with Crippen molar-refractivity contribution in [2.75, 3.05) is 32.9 Å². The zero-order valence-electron chi connectivity index (χ0n) is 7.64. The second-order valence-electron chi connectivity index (χ2n) is 3.61. The fraction of sp³-hybridized carbons (Fsp3) is 1.00. The van der Waals surface area contributed by atoms with Gasteiger partial charge in [0.15, 0.2) is 0 Å². The molecule has 0 aromatic heterocycles. The van der Waals surface area contributed by atoms with Gasteiger partial charge in [0.1, 0.15) is 0 Å². The third-order valence-corrected chi connectivity index (χ3v) is 2.50. The van der Waals surface area contributed by atoms with Crippen LogP contribution >= 0.6 is 0 Å². The fourth-order valence-electron chi connectivity index (χ4n) is 1.80. The minimum Gasteiger partial charge on any atom is -0.330 e. The maximum absolute atomic E-state index is 12.3. The Morgan fingerprint density at radius 3 is 3.00 bits per heavy atom. The molecule has 1 saturated heterocycles. The number of alkyl halides is 1. The quantitative estimate of drug-likeness (QED) is 0.689. The summed E-state index contributed by atoms with van der Waals surface area (Å²) in [6.45, 7) is 3.72. The molecule has 1 aliphatic heterocycles. The van der Waals surface area contributed by atoms with Crippen LogP contribution in [-0.4, -0.2) is 37.8 Å². The first-order valence-electron chi connectivity index (χ1n) is 4.85. The molecule has 0 bridgehead atoms. The third-order valence-electron chi connectivity index (χ3n) is 2.50. The molecule has 1 aliphatic rings. The molecule has 0 amide bonds. The van der Waals surface area contributed by atoms with E-state index >= 15 is 0 Å². The Labute approximate surface area is 73.9 Å². The topological polar surface area (TPSA) is 29.3 Å². The molecule has 1 rings (SSSR count). The summed E-state index contributed by atoms with van der Waals surface area (Å²) < 4.78 is 12.3. The van der Waals surface area contributed by atoms with Gasteiger partial charge in [-0.3, -0.25) is 4.39 Å². The van der Waals surface area contributed by atoms with Crippen molar-refractivity contribution in [3.8, 4) is 0 Å². The highest BCUT2D eigenvalue weighted by atomic mass is 19.1. The van der Waals surface area contributed by atoms with Crippen molar-refractivity contribution in [3.05, 3.63) is 0 Å². The summed E-state index contributed by atoms with van der Waals surface area (Å²) >= 11 is 0. The summed E-state index contributed by atoms with van der Waals surface area (Å²) in [7, 11) is 0. The molecule has 3 heteroatoms. The molecule has 2 N–H and O–H groups in total. The van der Waals surface area contributed by atoms with Gasteiger partial charge in [-0.25, -0.2) is 0 Å². The first kappa shape index (κ1) is 9.93. The summed E-state index contributed by atoms with van der Waals surface area (Å²) in [5, 5.41) is 0. The summed E-state index contributed by atoms with van der Waals surface area (Å²) in [4.78, 5) is 2.33. The predicted molar refractivity (Wildman–Crippen MR) is 48.8 cm³/mol. The predicted octanol–water partition coefficient (Wildman–Crippen LogP) is 1.02. The second kappa shape index (κ2) is 5.49. The number of rotatable bonds is 4. The van der Waals surface area contributed by atoms with Crippen molar-refractivity contribution in [1.82, 2.24) is 4.90 Å². The summed E-state index contributed by atoms with van der Waals surface area (Å²) in [6, 6.07) is 0. The van der Waals surface area contributed by atoms with Crippen LogP contribution in [0.5, 0.6) is 0 Å². The first-order chi connectivity index (χ1) is 5.86. The smallest absolute Gasteiger partial charge is 0.0934 e. The first-order valence-corrected chi connectivity index (χ1v) is 4.85. The Balaban J connectivity index is 2.16. The molecule has 0 radical (unpaired) electrons.